The van der Waals surface area contributed by atoms with Crippen LogP contribution in [0.3, 0.4) is 0 Å². The lowest BCUT2D eigenvalue weighted by atomic mass is 10.0. The molecule has 210 valence electrons. The summed E-state index contributed by atoms with van der Waals surface area (Å²) in [6.45, 7) is 14.8. The summed E-state index contributed by atoms with van der Waals surface area (Å²) >= 11 is 0. The van der Waals surface area contributed by atoms with Gasteiger partial charge in [0.05, 0.1) is 25.3 Å². The molecule has 2 N–H and O–H groups in total. The van der Waals surface area contributed by atoms with Crippen LogP contribution < -0.4 is 5.32 Å². The van der Waals surface area contributed by atoms with Crippen molar-refractivity contribution in [1.82, 2.24) is 20.0 Å². The Bertz CT molecular complexity index is 662. The van der Waals surface area contributed by atoms with Crippen LogP contribution in [0.4, 0.5) is 0 Å². The van der Waals surface area contributed by atoms with Crippen molar-refractivity contribution in [2.45, 2.75) is 78.2 Å². The van der Waals surface area contributed by atoms with E-state index in [1.54, 1.807) is 4.90 Å². The van der Waals surface area contributed by atoms with Crippen molar-refractivity contribution in [3.05, 3.63) is 0 Å². The molecular weight excluding hydrogens is 464 g/mol. The molecule has 2 atom stereocenters. The van der Waals surface area contributed by atoms with E-state index in [2.05, 4.69) is 58.9 Å². The lowest BCUT2D eigenvalue weighted by Crippen LogP contribution is -2.58. The number of carbonyl (C=O) groups is 3. The van der Waals surface area contributed by atoms with Gasteiger partial charge in [0.15, 0.2) is 5.79 Å². The molecule has 0 saturated carbocycles. The molecule has 0 aromatic heterocycles. The van der Waals surface area contributed by atoms with Crippen molar-refractivity contribution in [3.8, 4) is 0 Å². The molecule has 2 unspecified atom stereocenters. The molecule has 0 bridgehead atoms. The number of amides is 2. The van der Waals surface area contributed by atoms with Crippen LogP contribution in [-0.4, -0.2) is 116 Å². The van der Waals surface area contributed by atoms with E-state index in [0.717, 1.165) is 31.8 Å². The maximum absolute atomic E-state index is 12.8. The summed E-state index contributed by atoms with van der Waals surface area (Å²) in [5.41, 5.74) is 0. The molecule has 0 aliphatic carbocycles. The Hall–Kier alpha value is -1.75. The van der Waals surface area contributed by atoms with Crippen LogP contribution in [0.25, 0.3) is 0 Å². The zero-order valence-corrected chi connectivity index (χ0v) is 23.5. The average Bonchev–Trinajstić information content (AvgIpc) is 3.18. The molecule has 10 nitrogen and oxygen atoms in total. The van der Waals surface area contributed by atoms with Crippen LogP contribution >= 0.6 is 0 Å². The van der Waals surface area contributed by atoms with Gasteiger partial charge in [-0.2, -0.15) is 0 Å². The Balaban J connectivity index is 0.000000825. The normalized spacial score (nSPS) is 23.4. The summed E-state index contributed by atoms with van der Waals surface area (Å²) in [5, 5.41) is 10.2. The highest BCUT2D eigenvalue weighted by Crippen LogP contribution is 2.35. The predicted octanol–water partition coefficient (Wildman–Crippen LogP) is 1.88. The van der Waals surface area contributed by atoms with Crippen LogP contribution in [0, 0.1) is 11.8 Å². The summed E-state index contributed by atoms with van der Waals surface area (Å²) in [6, 6.07) is -0.166. The van der Waals surface area contributed by atoms with Gasteiger partial charge in [0, 0.05) is 45.6 Å². The van der Waals surface area contributed by atoms with Crippen molar-refractivity contribution in [1.29, 1.82) is 0 Å². The number of hydrogen-bond donors (Lipinski definition) is 2. The number of carbonyl (C=O) groups excluding carboxylic acids is 2. The van der Waals surface area contributed by atoms with Gasteiger partial charge in [-0.15, -0.1) is 0 Å². The number of carboxylic acid groups (broad SMARTS) is 1. The molecule has 0 radical (unpaired) electrons. The minimum absolute atomic E-state index is 0.0283. The minimum atomic E-state index is -0.527. The van der Waals surface area contributed by atoms with E-state index < -0.39 is 5.79 Å². The fraction of sp³-hybridized carbons (Fsp3) is 0.885. The van der Waals surface area contributed by atoms with Gasteiger partial charge in [0.1, 0.15) is 0 Å². The molecule has 3 rings (SSSR count). The number of rotatable bonds is 7. The largest absolute Gasteiger partial charge is 0.483 e. The third kappa shape index (κ3) is 11.5. The monoisotopic (exact) mass is 514 g/mol. The number of piperazine rings is 1. The van der Waals surface area contributed by atoms with E-state index in [1.807, 2.05) is 4.90 Å². The van der Waals surface area contributed by atoms with E-state index in [4.69, 9.17) is 19.4 Å². The van der Waals surface area contributed by atoms with Crippen LogP contribution in [-0.2, 0) is 23.9 Å². The van der Waals surface area contributed by atoms with Crippen LogP contribution in [0.5, 0.6) is 0 Å². The summed E-state index contributed by atoms with van der Waals surface area (Å²) in [6.07, 6.45) is 3.29. The number of nitrogens with one attached hydrogen (secondary N) is 1. The van der Waals surface area contributed by atoms with Crippen molar-refractivity contribution in [2.75, 3.05) is 60.0 Å². The van der Waals surface area contributed by atoms with Gasteiger partial charge in [0.2, 0.25) is 11.8 Å². The Kier molecular flexibility index (Phi) is 14.5. The number of piperidine rings is 1. The molecule has 0 aromatic rings. The van der Waals surface area contributed by atoms with Crippen molar-refractivity contribution in [2.24, 2.45) is 11.8 Å². The molecule has 3 aliphatic heterocycles. The summed E-state index contributed by atoms with van der Waals surface area (Å²) in [5.74, 6) is 0.831. The topological polar surface area (TPSA) is 112 Å². The molecule has 3 fully saturated rings. The van der Waals surface area contributed by atoms with Crippen LogP contribution in [0.15, 0.2) is 0 Å². The second-order valence-electron chi connectivity index (χ2n) is 11.2. The fourth-order valence-electron chi connectivity index (χ4n) is 4.39. The molecule has 3 saturated heterocycles. The van der Waals surface area contributed by atoms with Crippen LogP contribution in [0.2, 0.25) is 0 Å². The first-order valence-electron chi connectivity index (χ1n) is 13.3. The summed E-state index contributed by atoms with van der Waals surface area (Å²) in [7, 11) is 4.12. The molecule has 36 heavy (non-hydrogen) atoms. The maximum atomic E-state index is 12.8. The van der Waals surface area contributed by atoms with Crippen molar-refractivity contribution < 1.29 is 29.0 Å². The Morgan fingerprint density at radius 1 is 1.19 bits per heavy atom. The molecule has 10 heteroatoms. The summed E-state index contributed by atoms with van der Waals surface area (Å²) < 4.78 is 12.2. The standard InChI is InChI=1S/C21H38N4O4.C4H10.CH2O2/c1-16(2)13-18-20(27)25(12-8-22-18)14-19(26)24-10-6-21(7-11-24)28-15-17(29-21)5-9-23(3)4;1-4(2)3;2-1-3/h16-18,22H,5-15H2,1-4H3;4H,1-3H3;1H,(H,2,3). The lowest BCUT2D eigenvalue weighted by molar-refractivity contribution is -0.197. The third-order valence-electron chi connectivity index (χ3n) is 6.11. The highest BCUT2D eigenvalue weighted by atomic mass is 16.7. The highest BCUT2D eigenvalue weighted by molar-refractivity contribution is 5.88. The molecule has 2 amide bonds. The van der Waals surface area contributed by atoms with Gasteiger partial charge in [-0.1, -0.05) is 34.6 Å². The van der Waals surface area contributed by atoms with Gasteiger partial charge in [0.25, 0.3) is 6.47 Å². The van der Waals surface area contributed by atoms with Gasteiger partial charge >= 0.3 is 0 Å². The first-order valence-corrected chi connectivity index (χ1v) is 13.3. The van der Waals surface area contributed by atoms with E-state index in [-0.39, 0.29) is 37.0 Å². The van der Waals surface area contributed by atoms with Gasteiger partial charge in [-0.25, -0.2) is 0 Å². The summed E-state index contributed by atoms with van der Waals surface area (Å²) in [4.78, 5) is 39.6. The Morgan fingerprint density at radius 2 is 1.78 bits per heavy atom. The number of likely N-dealkylation sites (tertiary alicyclic amines) is 1. The Morgan fingerprint density at radius 3 is 2.31 bits per heavy atom. The Labute approximate surface area is 217 Å². The van der Waals surface area contributed by atoms with E-state index >= 15 is 0 Å². The quantitative estimate of drug-likeness (QED) is 0.496. The molecule has 1 spiro atoms. The first kappa shape index (κ1) is 32.3. The van der Waals surface area contributed by atoms with Gasteiger partial charge < -0.3 is 34.6 Å². The fourth-order valence-corrected chi connectivity index (χ4v) is 4.39. The highest BCUT2D eigenvalue weighted by Gasteiger charge is 2.44. The minimum Gasteiger partial charge on any atom is -0.483 e. The maximum Gasteiger partial charge on any atom is 0.290 e. The van der Waals surface area contributed by atoms with Gasteiger partial charge in [-0.3, -0.25) is 14.4 Å². The third-order valence-corrected chi connectivity index (χ3v) is 6.11. The smallest absolute Gasteiger partial charge is 0.290 e. The van der Waals surface area contributed by atoms with Crippen molar-refractivity contribution in [3.63, 3.8) is 0 Å². The predicted molar refractivity (Wildman–Crippen MR) is 140 cm³/mol. The van der Waals surface area contributed by atoms with E-state index in [9.17, 15) is 9.59 Å². The van der Waals surface area contributed by atoms with E-state index in [1.165, 1.54) is 0 Å². The number of ether oxygens (including phenoxy) is 2. The van der Waals surface area contributed by atoms with Gasteiger partial charge in [-0.05, 0) is 38.8 Å². The zero-order chi connectivity index (χ0) is 27.3. The molecule has 3 heterocycles. The van der Waals surface area contributed by atoms with E-state index in [0.29, 0.717) is 45.0 Å². The first-order chi connectivity index (χ1) is 16.9. The number of nitrogens with zero attached hydrogens (tertiary/aromatic N) is 3. The number of hydrogen-bond acceptors (Lipinski definition) is 7. The lowest BCUT2D eigenvalue weighted by Gasteiger charge is -2.39. The molecular formula is C26H50N4O6. The second-order valence-corrected chi connectivity index (χ2v) is 11.2. The molecule has 3 aliphatic rings. The average molecular weight is 515 g/mol. The SMILES string of the molecule is CC(C)C.CC(C)CC1NCCN(CC(=O)N2CCC3(CC2)OCC(CCN(C)C)O3)C1=O.O=CO. The zero-order valence-electron chi connectivity index (χ0n) is 23.5. The second kappa shape index (κ2) is 16.2. The van der Waals surface area contributed by atoms with Crippen molar-refractivity contribution >= 4 is 18.3 Å². The van der Waals surface area contributed by atoms with Crippen LogP contribution in [0.1, 0.15) is 60.3 Å². The molecule has 0 aromatic carbocycles.